The molecule has 1 amide bonds. The Labute approximate surface area is 207 Å². The topological polar surface area (TPSA) is 41.9 Å². The molecule has 3 aliphatic rings. The van der Waals surface area contributed by atoms with Gasteiger partial charge in [-0.05, 0) is 59.3 Å². The molecule has 5 rings (SSSR count). The first kappa shape index (κ1) is 23.9. The molecular formula is C23H18Cl2F4N2O2S. The van der Waals surface area contributed by atoms with E-state index in [0.717, 1.165) is 28.0 Å². The molecule has 1 spiro atoms. The van der Waals surface area contributed by atoms with E-state index in [0.29, 0.717) is 13.0 Å². The molecule has 180 valence electrons. The van der Waals surface area contributed by atoms with Gasteiger partial charge in [-0.15, -0.1) is 0 Å². The Morgan fingerprint density at radius 2 is 1.88 bits per heavy atom. The van der Waals surface area contributed by atoms with Crippen LogP contribution in [-0.2, 0) is 26.5 Å². The van der Waals surface area contributed by atoms with Crippen molar-refractivity contribution >= 4 is 46.8 Å². The molecule has 3 heterocycles. The molecule has 2 aromatic rings. The lowest BCUT2D eigenvalue weighted by Crippen LogP contribution is -2.61. The summed E-state index contributed by atoms with van der Waals surface area (Å²) >= 11 is 13.3. The van der Waals surface area contributed by atoms with Gasteiger partial charge in [0.15, 0.2) is 5.82 Å². The molecule has 0 aliphatic carbocycles. The maximum Gasteiger partial charge on any atom is 0.397 e. The maximum atomic E-state index is 13.8. The zero-order valence-electron chi connectivity index (χ0n) is 17.8. The van der Waals surface area contributed by atoms with Crippen LogP contribution in [0.25, 0.3) is 0 Å². The van der Waals surface area contributed by atoms with Crippen LogP contribution in [0.5, 0.6) is 0 Å². The van der Waals surface area contributed by atoms with Crippen LogP contribution in [0.4, 0.5) is 17.6 Å². The Morgan fingerprint density at radius 3 is 2.53 bits per heavy atom. The standard InChI is InChI=1S/C23H18Cl2F4N2O2S/c1-21(14-5-16(24)20(26)17(25)6-14)7-18(30-34-21)12-2-3-15-13(4-12)9-33-22(15)10-31(11-22)19(32)8-23(27,28)29/h2-6H,7-11H2,1H3. The van der Waals surface area contributed by atoms with Gasteiger partial charge in [0, 0.05) is 6.42 Å². The van der Waals surface area contributed by atoms with Crippen molar-refractivity contribution < 1.29 is 27.1 Å². The highest BCUT2D eigenvalue weighted by Gasteiger charge is 2.52. The predicted octanol–water partition coefficient (Wildman–Crippen LogP) is 6.41. The van der Waals surface area contributed by atoms with E-state index in [4.69, 9.17) is 27.9 Å². The van der Waals surface area contributed by atoms with Crippen LogP contribution in [-0.4, -0.2) is 35.8 Å². The van der Waals surface area contributed by atoms with Gasteiger partial charge in [-0.25, -0.2) is 8.79 Å². The number of hydrogen-bond acceptors (Lipinski definition) is 4. The first-order valence-corrected chi connectivity index (χ1v) is 11.9. The number of alkyl halides is 3. The normalized spacial score (nSPS) is 23.1. The highest BCUT2D eigenvalue weighted by Crippen LogP contribution is 2.49. The molecule has 3 aliphatic heterocycles. The van der Waals surface area contributed by atoms with Crippen LogP contribution >= 0.6 is 35.1 Å². The third kappa shape index (κ3) is 4.10. The van der Waals surface area contributed by atoms with Gasteiger partial charge in [-0.3, -0.25) is 4.79 Å². The number of carbonyl (C=O) groups excluding carboxylic acids is 1. The summed E-state index contributed by atoms with van der Waals surface area (Å²) in [6, 6.07) is 8.91. The number of ether oxygens (including phenoxy) is 1. The summed E-state index contributed by atoms with van der Waals surface area (Å²) in [5.74, 6) is -1.59. The molecule has 1 fully saturated rings. The quantitative estimate of drug-likeness (QED) is 0.260. The maximum absolute atomic E-state index is 13.8. The van der Waals surface area contributed by atoms with Crippen LogP contribution in [0, 0.1) is 5.82 Å². The minimum atomic E-state index is -4.53. The number of nitrogens with zero attached hydrogens (tertiary/aromatic N) is 2. The zero-order valence-corrected chi connectivity index (χ0v) is 20.1. The van der Waals surface area contributed by atoms with Gasteiger partial charge in [0.25, 0.3) is 0 Å². The van der Waals surface area contributed by atoms with Crippen molar-refractivity contribution in [2.24, 2.45) is 4.40 Å². The van der Waals surface area contributed by atoms with E-state index in [2.05, 4.69) is 4.40 Å². The van der Waals surface area contributed by atoms with Gasteiger partial charge in [-0.2, -0.15) is 13.2 Å². The number of carbonyl (C=O) groups is 1. The van der Waals surface area contributed by atoms with E-state index in [1.54, 1.807) is 12.1 Å². The van der Waals surface area contributed by atoms with Crippen molar-refractivity contribution in [1.29, 1.82) is 0 Å². The number of hydrogen-bond donors (Lipinski definition) is 0. The number of benzene rings is 2. The highest BCUT2D eigenvalue weighted by molar-refractivity contribution is 7.99. The second-order valence-corrected chi connectivity index (χ2v) is 11.1. The smallest absolute Gasteiger partial charge is 0.362 e. The van der Waals surface area contributed by atoms with E-state index in [1.807, 2.05) is 25.1 Å². The van der Waals surface area contributed by atoms with E-state index in [9.17, 15) is 22.4 Å². The monoisotopic (exact) mass is 532 g/mol. The van der Waals surface area contributed by atoms with E-state index >= 15 is 0 Å². The second kappa shape index (κ2) is 8.11. The number of rotatable bonds is 3. The average molecular weight is 533 g/mol. The number of halogens is 6. The minimum Gasteiger partial charge on any atom is -0.362 e. The molecule has 4 nitrogen and oxygen atoms in total. The molecule has 11 heteroatoms. The van der Waals surface area contributed by atoms with E-state index in [-0.39, 0.29) is 23.1 Å². The largest absolute Gasteiger partial charge is 0.397 e. The molecule has 2 aromatic carbocycles. The van der Waals surface area contributed by atoms with E-state index < -0.39 is 34.7 Å². The molecule has 0 saturated carbocycles. The van der Waals surface area contributed by atoms with Crippen molar-refractivity contribution in [3.8, 4) is 0 Å². The van der Waals surface area contributed by atoms with Crippen molar-refractivity contribution in [3.05, 3.63) is 68.4 Å². The Balaban J connectivity index is 1.31. The molecule has 34 heavy (non-hydrogen) atoms. The zero-order chi connectivity index (χ0) is 24.5. The lowest BCUT2D eigenvalue weighted by Gasteiger charge is -2.47. The molecule has 0 N–H and O–H groups in total. The van der Waals surface area contributed by atoms with Crippen molar-refractivity contribution in [3.63, 3.8) is 0 Å². The number of likely N-dealkylation sites (tertiary alicyclic amines) is 1. The minimum absolute atomic E-state index is 0.0407. The summed E-state index contributed by atoms with van der Waals surface area (Å²) in [5.41, 5.74) is 3.59. The van der Waals surface area contributed by atoms with Crippen molar-refractivity contribution in [2.45, 2.75) is 42.9 Å². The van der Waals surface area contributed by atoms with Gasteiger partial charge < -0.3 is 9.64 Å². The summed E-state index contributed by atoms with van der Waals surface area (Å²) in [6.45, 7) is 2.51. The van der Waals surface area contributed by atoms with Crippen molar-refractivity contribution in [2.75, 3.05) is 13.1 Å². The van der Waals surface area contributed by atoms with Crippen LogP contribution in [0.1, 0.15) is 42.0 Å². The SMILES string of the molecule is CC1(c2cc(Cl)c(F)c(Cl)c2)CC(c2ccc3c(c2)COC32CN(C(=O)CC(F)(F)F)C2)=NS1. The first-order valence-electron chi connectivity index (χ1n) is 10.4. The third-order valence-corrected chi connectivity index (χ3v) is 8.13. The number of fused-ring (bicyclic) bond motifs is 2. The Kier molecular flexibility index (Phi) is 5.71. The molecule has 0 bridgehead atoms. The first-order chi connectivity index (χ1) is 15.9. The van der Waals surface area contributed by atoms with Gasteiger partial charge in [0.1, 0.15) is 12.0 Å². The van der Waals surface area contributed by atoms with Crippen LogP contribution < -0.4 is 0 Å². The predicted molar refractivity (Wildman–Crippen MR) is 123 cm³/mol. The summed E-state index contributed by atoms with van der Waals surface area (Å²) in [6.07, 6.45) is -5.42. The lowest BCUT2D eigenvalue weighted by molar-refractivity contribution is -0.185. The fourth-order valence-electron chi connectivity index (χ4n) is 4.63. The van der Waals surface area contributed by atoms with E-state index in [1.165, 1.54) is 16.8 Å². The van der Waals surface area contributed by atoms with Crippen LogP contribution in [0.3, 0.4) is 0 Å². The fraction of sp³-hybridized carbons (Fsp3) is 0.391. The summed E-state index contributed by atoms with van der Waals surface area (Å²) in [7, 11) is 0. The highest BCUT2D eigenvalue weighted by atomic mass is 35.5. The lowest BCUT2D eigenvalue weighted by atomic mass is 9.83. The van der Waals surface area contributed by atoms with Gasteiger partial charge in [0.05, 0.1) is 40.2 Å². The third-order valence-electron chi connectivity index (χ3n) is 6.49. The molecule has 0 aromatic heterocycles. The summed E-state index contributed by atoms with van der Waals surface area (Å²) in [5, 5.41) is -0.0815. The van der Waals surface area contributed by atoms with Crippen LogP contribution in [0.2, 0.25) is 10.0 Å². The fourth-order valence-corrected chi connectivity index (χ4v) is 6.03. The van der Waals surface area contributed by atoms with Crippen LogP contribution in [0.15, 0.2) is 34.7 Å². The summed E-state index contributed by atoms with van der Waals surface area (Å²) < 4.78 is 61.5. The van der Waals surface area contributed by atoms with Gasteiger partial charge in [0.2, 0.25) is 5.91 Å². The molecule has 0 radical (unpaired) electrons. The van der Waals surface area contributed by atoms with Crippen molar-refractivity contribution in [1.82, 2.24) is 4.90 Å². The average Bonchev–Trinajstić information content (AvgIpc) is 3.31. The van der Waals surface area contributed by atoms with Gasteiger partial charge in [-0.1, -0.05) is 35.3 Å². The Morgan fingerprint density at radius 1 is 1.21 bits per heavy atom. The summed E-state index contributed by atoms with van der Waals surface area (Å²) in [4.78, 5) is 13.0. The molecular weight excluding hydrogens is 515 g/mol. The number of amides is 1. The molecule has 1 atom stereocenters. The second-order valence-electron chi connectivity index (χ2n) is 8.99. The Hall–Kier alpha value is -1.81. The molecule has 1 unspecified atom stereocenters. The molecule has 1 saturated heterocycles. The Bertz CT molecular complexity index is 1210. The van der Waals surface area contributed by atoms with Gasteiger partial charge >= 0.3 is 6.18 Å².